The first-order valence-electron chi connectivity index (χ1n) is 8.82. The Labute approximate surface area is 150 Å². The highest BCUT2D eigenvalue weighted by molar-refractivity contribution is 5.96. The Morgan fingerprint density at radius 1 is 1.31 bits per heavy atom. The summed E-state index contributed by atoms with van der Waals surface area (Å²) in [5.74, 6) is -0.336. The number of amides is 1. The van der Waals surface area contributed by atoms with E-state index in [-0.39, 0.29) is 23.8 Å². The Balaban J connectivity index is 1.59. The van der Waals surface area contributed by atoms with Crippen LogP contribution in [0.1, 0.15) is 41.6 Å². The molecule has 3 N–H and O–H groups in total. The van der Waals surface area contributed by atoms with Crippen LogP contribution in [0.2, 0.25) is 0 Å². The average molecular weight is 356 g/mol. The molecule has 4 rings (SSSR count). The third-order valence-electron chi connectivity index (χ3n) is 4.95. The fourth-order valence-corrected chi connectivity index (χ4v) is 2.89. The van der Waals surface area contributed by atoms with Crippen LogP contribution >= 0.6 is 0 Å². The van der Waals surface area contributed by atoms with Crippen molar-refractivity contribution in [1.29, 1.82) is 0 Å². The Hall–Kier alpha value is -2.54. The highest BCUT2D eigenvalue weighted by atomic mass is 19.1. The second kappa shape index (κ2) is 6.32. The van der Waals surface area contributed by atoms with Gasteiger partial charge < -0.3 is 15.7 Å². The SMILES string of the molecule is Cc1cc(F)c(C(=O)NC2CC2)cc1-c1cnc(NC2(CO)CC2)cn1. The van der Waals surface area contributed by atoms with Gasteiger partial charge in [-0.25, -0.2) is 9.37 Å². The summed E-state index contributed by atoms with van der Waals surface area (Å²) in [6.45, 7) is 1.84. The van der Waals surface area contributed by atoms with E-state index in [9.17, 15) is 14.3 Å². The lowest BCUT2D eigenvalue weighted by atomic mass is 10.0. The molecular weight excluding hydrogens is 335 g/mol. The summed E-state index contributed by atoms with van der Waals surface area (Å²) in [4.78, 5) is 21.0. The lowest BCUT2D eigenvalue weighted by molar-refractivity contribution is 0.0947. The number of aliphatic hydroxyl groups excluding tert-OH is 1. The van der Waals surface area contributed by atoms with Gasteiger partial charge in [-0.05, 0) is 50.3 Å². The van der Waals surface area contributed by atoms with Crippen LogP contribution in [-0.2, 0) is 0 Å². The van der Waals surface area contributed by atoms with Gasteiger partial charge in [-0.2, -0.15) is 0 Å². The molecule has 6 nitrogen and oxygen atoms in total. The molecule has 1 amide bonds. The van der Waals surface area contributed by atoms with E-state index in [4.69, 9.17) is 0 Å². The highest BCUT2D eigenvalue weighted by Gasteiger charge is 2.42. The van der Waals surface area contributed by atoms with Crippen LogP contribution in [-0.4, -0.2) is 39.2 Å². The molecule has 0 atom stereocenters. The van der Waals surface area contributed by atoms with Crippen LogP contribution in [0.25, 0.3) is 11.3 Å². The number of carbonyl (C=O) groups is 1. The molecule has 0 saturated heterocycles. The molecule has 0 radical (unpaired) electrons. The predicted molar refractivity (Wildman–Crippen MR) is 95.3 cm³/mol. The number of halogens is 1. The van der Waals surface area contributed by atoms with Crippen molar-refractivity contribution in [1.82, 2.24) is 15.3 Å². The number of nitrogens with one attached hydrogen (secondary N) is 2. The van der Waals surface area contributed by atoms with Crippen molar-refractivity contribution < 1.29 is 14.3 Å². The molecule has 1 aromatic heterocycles. The molecule has 0 spiro atoms. The summed E-state index contributed by atoms with van der Waals surface area (Å²) < 4.78 is 14.2. The average Bonchev–Trinajstić information content (AvgIpc) is 3.53. The molecule has 136 valence electrons. The molecule has 2 saturated carbocycles. The zero-order valence-electron chi connectivity index (χ0n) is 14.6. The summed E-state index contributed by atoms with van der Waals surface area (Å²) in [7, 11) is 0. The van der Waals surface area contributed by atoms with E-state index in [0.29, 0.717) is 22.6 Å². The second-order valence-corrected chi connectivity index (χ2v) is 7.25. The van der Waals surface area contributed by atoms with Crippen LogP contribution in [0, 0.1) is 12.7 Å². The van der Waals surface area contributed by atoms with Gasteiger partial charge in [0.25, 0.3) is 5.91 Å². The molecule has 2 fully saturated rings. The topological polar surface area (TPSA) is 87.1 Å². The normalized spacial score (nSPS) is 17.7. The maximum atomic E-state index is 14.2. The van der Waals surface area contributed by atoms with Gasteiger partial charge in [-0.15, -0.1) is 0 Å². The monoisotopic (exact) mass is 356 g/mol. The first-order chi connectivity index (χ1) is 12.5. The van der Waals surface area contributed by atoms with Crippen molar-refractivity contribution in [2.24, 2.45) is 0 Å². The number of nitrogens with zero attached hydrogens (tertiary/aromatic N) is 2. The largest absolute Gasteiger partial charge is 0.394 e. The Morgan fingerprint density at radius 3 is 2.65 bits per heavy atom. The molecule has 0 bridgehead atoms. The van der Waals surface area contributed by atoms with Gasteiger partial charge in [-0.1, -0.05) is 0 Å². The van der Waals surface area contributed by atoms with Crippen molar-refractivity contribution in [3.05, 3.63) is 41.5 Å². The number of aromatic nitrogens is 2. The molecular formula is C19H21FN4O2. The zero-order chi connectivity index (χ0) is 18.3. The Morgan fingerprint density at radius 2 is 2.08 bits per heavy atom. The highest BCUT2D eigenvalue weighted by Crippen LogP contribution is 2.37. The molecule has 7 heteroatoms. The third-order valence-corrected chi connectivity index (χ3v) is 4.95. The van der Waals surface area contributed by atoms with Crippen molar-refractivity contribution in [2.45, 2.75) is 44.2 Å². The van der Waals surface area contributed by atoms with E-state index in [1.807, 2.05) is 0 Å². The minimum absolute atomic E-state index is 0.0266. The minimum atomic E-state index is -0.533. The number of aryl methyl sites for hydroxylation is 1. The summed E-state index contributed by atoms with van der Waals surface area (Å²) >= 11 is 0. The molecule has 2 aliphatic rings. The summed E-state index contributed by atoms with van der Waals surface area (Å²) in [6, 6.07) is 3.06. The van der Waals surface area contributed by atoms with Crippen molar-refractivity contribution >= 4 is 11.7 Å². The predicted octanol–water partition coefficient (Wildman–Crippen LogP) is 2.42. The second-order valence-electron chi connectivity index (χ2n) is 7.25. The molecule has 0 aliphatic heterocycles. The fraction of sp³-hybridized carbons (Fsp3) is 0.421. The Bertz CT molecular complexity index is 845. The van der Waals surface area contributed by atoms with E-state index in [0.717, 1.165) is 25.7 Å². The molecule has 2 aliphatic carbocycles. The van der Waals surface area contributed by atoms with Crippen LogP contribution in [0.15, 0.2) is 24.5 Å². The van der Waals surface area contributed by atoms with Crippen LogP contribution in [0.3, 0.4) is 0 Å². The molecule has 1 aromatic carbocycles. The maximum absolute atomic E-state index is 14.2. The van der Waals surface area contributed by atoms with Gasteiger partial charge in [-0.3, -0.25) is 9.78 Å². The van der Waals surface area contributed by atoms with Crippen molar-refractivity contribution in [3.63, 3.8) is 0 Å². The van der Waals surface area contributed by atoms with E-state index in [2.05, 4.69) is 20.6 Å². The lowest BCUT2D eigenvalue weighted by Gasteiger charge is -2.15. The fourth-order valence-electron chi connectivity index (χ4n) is 2.89. The summed E-state index contributed by atoms with van der Waals surface area (Å²) in [5, 5.41) is 15.4. The molecule has 1 heterocycles. The van der Waals surface area contributed by atoms with E-state index in [1.54, 1.807) is 19.3 Å². The van der Waals surface area contributed by atoms with Gasteiger partial charge in [0.1, 0.15) is 11.6 Å². The maximum Gasteiger partial charge on any atom is 0.254 e. The standard InChI is InChI=1S/C19H21FN4O2/c1-11-6-15(20)14(18(26)23-12-2-3-12)7-13(11)16-8-22-17(9-21-16)24-19(10-25)4-5-19/h6-9,12,25H,2-5,10H2,1H3,(H,22,24)(H,23,26). The molecule has 0 unspecified atom stereocenters. The van der Waals surface area contributed by atoms with Crippen molar-refractivity contribution in [3.8, 4) is 11.3 Å². The molecule has 2 aromatic rings. The van der Waals surface area contributed by atoms with Gasteiger partial charge in [0, 0.05) is 11.6 Å². The number of hydrogen-bond acceptors (Lipinski definition) is 5. The van der Waals surface area contributed by atoms with E-state index in [1.165, 1.54) is 12.1 Å². The van der Waals surface area contributed by atoms with Crippen LogP contribution in [0.5, 0.6) is 0 Å². The zero-order valence-corrected chi connectivity index (χ0v) is 14.6. The first-order valence-corrected chi connectivity index (χ1v) is 8.82. The quantitative estimate of drug-likeness (QED) is 0.740. The van der Waals surface area contributed by atoms with E-state index < -0.39 is 11.7 Å². The van der Waals surface area contributed by atoms with Crippen LogP contribution in [0.4, 0.5) is 10.2 Å². The van der Waals surface area contributed by atoms with Gasteiger partial charge in [0.2, 0.25) is 0 Å². The first kappa shape index (κ1) is 16.9. The third kappa shape index (κ3) is 3.39. The van der Waals surface area contributed by atoms with Crippen molar-refractivity contribution in [2.75, 3.05) is 11.9 Å². The van der Waals surface area contributed by atoms with Crippen LogP contribution < -0.4 is 10.6 Å². The van der Waals surface area contributed by atoms with E-state index >= 15 is 0 Å². The van der Waals surface area contributed by atoms with Gasteiger partial charge >= 0.3 is 0 Å². The lowest BCUT2D eigenvalue weighted by Crippen LogP contribution is -2.26. The van der Waals surface area contributed by atoms with Gasteiger partial charge in [0.15, 0.2) is 0 Å². The summed E-state index contributed by atoms with van der Waals surface area (Å²) in [6.07, 6.45) is 6.89. The number of carbonyl (C=O) groups excluding carboxylic acids is 1. The smallest absolute Gasteiger partial charge is 0.254 e. The number of aliphatic hydroxyl groups is 1. The molecule has 26 heavy (non-hydrogen) atoms. The number of rotatable bonds is 6. The summed E-state index contributed by atoms with van der Waals surface area (Å²) in [5.41, 5.74) is 1.70. The number of anilines is 1. The van der Waals surface area contributed by atoms with Gasteiger partial charge in [0.05, 0.1) is 35.8 Å². The Kier molecular flexibility index (Phi) is 4.11. The number of hydrogen-bond donors (Lipinski definition) is 3. The minimum Gasteiger partial charge on any atom is -0.394 e. The number of benzene rings is 1.